The summed E-state index contributed by atoms with van der Waals surface area (Å²) < 4.78 is 14.5. The summed E-state index contributed by atoms with van der Waals surface area (Å²) in [5, 5.41) is 9.30. The van der Waals surface area contributed by atoms with Gasteiger partial charge in [-0.15, -0.1) is 5.10 Å². The molecule has 1 aromatic heterocycles. The third-order valence-corrected chi connectivity index (χ3v) is 3.17. The molecule has 2 heterocycles. The Morgan fingerprint density at radius 3 is 2.85 bits per heavy atom. The Morgan fingerprint density at radius 2 is 2.10 bits per heavy atom. The molecule has 1 aliphatic rings. The molecule has 0 spiro atoms. The van der Waals surface area contributed by atoms with E-state index >= 15 is 0 Å². The van der Waals surface area contributed by atoms with Crippen LogP contribution in [0.2, 0.25) is 0 Å². The number of piperidine rings is 1. The number of rotatable bonds is 1. The summed E-state index contributed by atoms with van der Waals surface area (Å²) in [5.74, 6) is -1.75. The Bertz CT molecular complexity index is 786. The summed E-state index contributed by atoms with van der Waals surface area (Å²) in [6, 6.07) is 3.07. The van der Waals surface area contributed by atoms with Gasteiger partial charge in [-0.3, -0.25) is 19.7 Å². The van der Waals surface area contributed by atoms with Crippen molar-refractivity contribution in [3.05, 3.63) is 34.4 Å². The standard InChI is InChI=1S/C12H9FN4O3/c13-6-2-1-3-7-10(6)12(20)17(16-15-7)8-4-5-9(18)14-11(8)19/h1-3,8H,4-5H2,(H,14,18,19). The minimum atomic E-state index is -0.947. The number of hydrogen-bond donors (Lipinski definition) is 1. The molecule has 0 aliphatic carbocycles. The lowest BCUT2D eigenvalue weighted by Crippen LogP contribution is -2.45. The Morgan fingerprint density at radius 1 is 1.30 bits per heavy atom. The number of amides is 2. The average Bonchev–Trinajstić information content (AvgIpc) is 2.40. The number of benzene rings is 1. The number of nitrogens with one attached hydrogen (secondary N) is 1. The third kappa shape index (κ3) is 1.85. The second kappa shape index (κ2) is 4.48. The van der Waals surface area contributed by atoms with E-state index in [1.807, 2.05) is 0 Å². The van der Waals surface area contributed by atoms with E-state index in [0.717, 1.165) is 10.7 Å². The molecule has 8 heteroatoms. The van der Waals surface area contributed by atoms with Gasteiger partial charge >= 0.3 is 0 Å². The summed E-state index contributed by atoms with van der Waals surface area (Å²) in [5.41, 5.74) is -0.610. The fourth-order valence-electron chi connectivity index (χ4n) is 2.18. The van der Waals surface area contributed by atoms with Crippen molar-refractivity contribution in [2.75, 3.05) is 0 Å². The number of halogens is 1. The van der Waals surface area contributed by atoms with Gasteiger partial charge in [0.15, 0.2) is 0 Å². The molecular weight excluding hydrogens is 267 g/mol. The highest BCUT2D eigenvalue weighted by atomic mass is 19.1. The van der Waals surface area contributed by atoms with Crippen molar-refractivity contribution in [3.8, 4) is 0 Å². The van der Waals surface area contributed by atoms with Gasteiger partial charge in [-0.1, -0.05) is 11.3 Å². The number of carbonyl (C=O) groups excluding carboxylic acids is 2. The maximum atomic E-state index is 13.7. The fourth-order valence-corrected chi connectivity index (χ4v) is 2.18. The van der Waals surface area contributed by atoms with Gasteiger partial charge in [0.1, 0.15) is 22.8 Å². The highest BCUT2D eigenvalue weighted by molar-refractivity contribution is 5.99. The molecule has 1 aliphatic heterocycles. The van der Waals surface area contributed by atoms with Crippen LogP contribution in [0.1, 0.15) is 18.9 Å². The van der Waals surface area contributed by atoms with Gasteiger partial charge in [-0.25, -0.2) is 4.39 Å². The van der Waals surface area contributed by atoms with E-state index < -0.39 is 29.2 Å². The van der Waals surface area contributed by atoms with E-state index in [-0.39, 0.29) is 23.7 Å². The molecule has 0 bridgehead atoms. The molecule has 1 atom stereocenters. The summed E-state index contributed by atoms with van der Waals surface area (Å²) in [6.45, 7) is 0. The van der Waals surface area contributed by atoms with E-state index in [9.17, 15) is 18.8 Å². The van der Waals surface area contributed by atoms with Gasteiger partial charge in [0.2, 0.25) is 5.91 Å². The first-order valence-electron chi connectivity index (χ1n) is 5.95. The van der Waals surface area contributed by atoms with Crippen molar-refractivity contribution < 1.29 is 14.0 Å². The largest absolute Gasteiger partial charge is 0.295 e. The van der Waals surface area contributed by atoms with E-state index in [4.69, 9.17) is 0 Å². The smallest absolute Gasteiger partial charge is 0.281 e. The molecular formula is C12H9FN4O3. The second-order valence-corrected chi connectivity index (χ2v) is 4.44. The van der Waals surface area contributed by atoms with Crippen LogP contribution in [0, 0.1) is 5.82 Å². The lowest BCUT2D eigenvalue weighted by Gasteiger charge is -2.21. The average molecular weight is 276 g/mol. The minimum Gasteiger partial charge on any atom is -0.295 e. The number of carbonyl (C=O) groups is 2. The molecule has 102 valence electrons. The molecule has 1 saturated heterocycles. The highest BCUT2D eigenvalue weighted by Gasteiger charge is 2.30. The van der Waals surface area contributed by atoms with Crippen molar-refractivity contribution in [1.82, 2.24) is 20.3 Å². The van der Waals surface area contributed by atoms with E-state index in [0.29, 0.717) is 0 Å². The van der Waals surface area contributed by atoms with Gasteiger partial charge in [-0.05, 0) is 18.6 Å². The van der Waals surface area contributed by atoms with Gasteiger partial charge in [-0.2, -0.15) is 4.68 Å². The molecule has 3 rings (SSSR count). The number of hydrogen-bond acceptors (Lipinski definition) is 5. The van der Waals surface area contributed by atoms with Crippen LogP contribution in [-0.2, 0) is 9.59 Å². The maximum absolute atomic E-state index is 13.7. The first kappa shape index (κ1) is 12.4. The zero-order chi connectivity index (χ0) is 14.3. The second-order valence-electron chi connectivity index (χ2n) is 4.44. The zero-order valence-electron chi connectivity index (χ0n) is 10.2. The molecule has 2 amide bonds. The van der Waals surface area contributed by atoms with Gasteiger partial charge in [0.05, 0.1) is 0 Å². The number of aromatic nitrogens is 3. The fraction of sp³-hybridized carbons (Fsp3) is 0.250. The van der Waals surface area contributed by atoms with Crippen LogP contribution in [0.15, 0.2) is 23.0 Å². The predicted molar refractivity (Wildman–Crippen MR) is 65.2 cm³/mol. The lowest BCUT2D eigenvalue weighted by molar-refractivity contribution is -0.136. The molecule has 1 unspecified atom stereocenters. The Kier molecular flexibility index (Phi) is 2.78. The lowest BCUT2D eigenvalue weighted by atomic mass is 10.1. The first-order chi connectivity index (χ1) is 9.58. The van der Waals surface area contributed by atoms with Crippen LogP contribution in [-0.4, -0.2) is 26.8 Å². The van der Waals surface area contributed by atoms with Crippen molar-refractivity contribution in [2.45, 2.75) is 18.9 Å². The molecule has 0 radical (unpaired) electrons. The van der Waals surface area contributed by atoms with Gasteiger partial charge < -0.3 is 0 Å². The van der Waals surface area contributed by atoms with Crippen LogP contribution in [0.5, 0.6) is 0 Å². The van der Waals surface area contributed by atoms with Crippen LogP contribution >= 0.6 is 0 Å². The summed E-state index contributed by atoms with van der Waals surface area (Å²) in [7, 11) is 0. The van der Waals surface area contributed by atoms with E-state index in [1.165, 1.54) is 12.1 Å². The minimum absolute atomic E-state index is 0.0971. The van der Waals surface area contributed by atoms with Crippen molar-refractivity contribution >= 4 is 22.7 Å². The van der Waals surface area contributed by atoms with Crippen LogP contribution in [0.25, 0.3) is 10.9 Å². The van der Waals surface area contributed by atoms with Crippen molar-refractivity contribution in [2.24, 2.45) is 0 Å². The molecule has 2 aromatic rings. The van der Waals surface area contributed by atoms with E-state index in [1.54, 1.807) is 0 Å². The normalized spacial score (nSPS) is 19.1. The Hall–Kier alpha value is -2.64. The molecule has 20 heavy (non-hydrogen) atoms. The molecule has 1 aromatic carbocycles. The molecule has 7 nitrogen and oxygen atoms in total. The Labute approximate surface area is 111 Å². The molecule has 1 N–H and O–H groups in total. The number of fused-ring (bicyclic) bond motifs is 1. The van der Waals surface area contributed by atoms with Crippen LogP contribution in [0.3, 0.4) is 0 Å². The molecule has 1 fully saturated rings. The maximum Gasteiger partial charge on any atom is 0.281 e. The van der Waals surface area contributed by atoms with Crippen LogP contribution in [0.4, 0.5) is 4.39 Å². The van der Waals surface area contributed by atoms with Crippen molar-refractivity contribution in [3.63, 3.8) is 0 Å². The van der Waals surface area contributed by atoms with Gasteiger partial charge in [0, 0.05) is 6.42 Å². The number of nitrogens with zero attached hydrogens (tertiary/aromatic N) is 3. The topological polar surface area (TPSA) is 93.9 Å². The van der Waals surface area contributed by atoms with Crippen LogP contribution < -0.4 is 10.9 Å². The number of imide groups is 1. The highest BCUT2D eigenvalue weighted by Crippen LogP contribution is 2.17. The SMILES string of the molecule is O=C1CCC(n2nnc3cccc(F)c3c2=O)C(=O)N1. The quantitative estimate of drug-likeness (QED) is 0.734. The van der Waals surface area contributed by atoms with Crippen molar-refractivity contribution in [1.29, 1.82) is 0 Å². The van der Waals surface area contributed by atoms with Gasteiger partial charge in [0.25, 0.3) is 11.5 Å². The third-order valence-electron chi connectivity index (χ3n) is 3.17. The Balaban J connectivity index is 2.16. The monoisotopic (exact) mass is 276 g/mol. The van der Waals surface area contributed by atoms with E-state index in [2.05, 4.69) is 15.6 Å². The first-order valence-corrected chi connectivity index (χ1v) is 5.95. The summed E-state index contributed by atoms with van der Waals surface area (Å²) in [4.78, 5) is 35.0. The molecule has 0 saturated carbocycles. The predicted octanol–water partition coefficient (Wildman–Crippen LogP) is -0.0917. The summed E-state index contributed by atoms with van der Waals surface area (Å²) in [6.07, 6.45) is 0.235. The zero-order valence-corrected chi connectivity index (χ0v) is 10.2. The summed E-state index contributed by atoms with van der Waals surface area (Å²) >= 11 is 0.